The summed E-state index contributed by atoms with van der Waals surface area (Å²) in [5, 5.41) is 6.74. The minimum atomic E-state index is -0.329. The molecule has 2 aromatic carbocycles. The summed E-state index contributed by atoms with van der Waals surface area (Å²) < 4.78 is 23.1. The molecule has 0 unspecified atom stereocenters. The first kappa shape index (κ1) is 17.3. The van der Waals surface area contributed by atoms with E-state index in [9.17, 15) is 9.18 Å². The highest BCUT2D eigenvalue weighted by molar-refractivity contribution is 5.84. The van der Waals surface area contributed by atoms with Gasteiger partial charge in [-0.05, 0) is 48.0 Å². The van der Waals surface area contributed by atoms with Crippen LogP contribution in [0.5, 0.6) is 11.5 Å². The molecule has 6 nitrogen and oxygen atoms in total. The third kappa shape index (κ3) is 4.98. The lowest BCUT2D eigenvalue weighted by Crippen LogP contribution is -2.25. The van der Waals surface area contributed by atoms with Gasteiger partial charge in [0.1, 0.15) is 5.82 Å². The van der Waals surface area contributed by atoms with Crippen molar-refractivity contribution in [3.05, 3.63) is 53.8 Å². The predicted molar refractivity (Wildman–Crippen MR) is 90.2 cm³/mol. The average molecular weight is 331 g/mol. The molecule has 2 N–H and O–H groups in total. The third-order valence-corrected chi connectivity index (χ3v) is 3.11. The summed E-state index contributed by atoms with van der Waals surface area (Å²) in [7, 11) is 3.10. The van der Waals surface area contributed by atoms with Gasteiger partial charge in [-0.3, -0.25) is 4.79 Å². The van der Waals surface area contributed by atoms with Crippen molar-refractivity contribution in [1.82, 2.24) is 5.43 Å². The fraction of sp³-hybridized carbons (Fsp3) is 0.176. The predicted octanol–water partition coefficient (Wildman–Crippen LogP) is 2.41. The van der Waals surface area contributed by atoms with E-state index in [0.717, 1.165) is 5.56 Å². The molecule has 0 bridgehead atoms. The zero-order valence-corrected chi connectivity index (χ0v) is 13.4. The standard InChI is InChI=1S/C17H18FN3O3/c1-23-15-8-3-12(9-16(15)24-2)10-20-21-17(22)11-19-14-6-4-13(18)5-7-14/h3-10,19H,11H2,1-2H3,(H,21,22)/b20-10+. The van der Waals surface area contributed by atoms with E-state index in [4.69, 9.17) is 9.47 Å². The molecule has 126 valence electrons. The van der Waals surface area contributed by atoms with Crippen LogP contribution < -0.4 is 20.2 Å². The molecular weight excluding hydrogens is 313 g/mol. The molecule has 0 atom stereocenters. The molecule has 0 saturated heterocycles. The van der Waals surface area contributed by atoms with E-state index in [-0.39, 0.29) is 18.3 Å². The smallest absolute Gasteiger partial charge is 0.259 e. The Hall–Kier alpha value is -3.09. The van der Waals surface area contributed by atoms with Crippen molar-refractivity contribution in [3.63, 3.8) is 0 Å². The highest BCUT2D eigenvalue weighted by Crippen LogP contribution is 2.26. The molecule has 0 fully saturated rings. The molecule has 0 saturated carbocycles. The van der Waals surface area contributed by atoms with Gasteiger partial charge in [-0.1, -0.05) is 0 Å². The van der Waals surface area contributed by atoms with Crippen LogP contribution in [0.1, 0.15) is 5.56 Å². The van der Waals surface area contributed by atoms with E-state index in [1.807, 2.05) is 0 Å². The molecule has 0 aliphatic rings. The number of rotatable bonds is 7. The second kappa shape index (κ2) is 8.52. The van der Waals surface area contributed by atoms with Crippen LogP contribution in [0, 0.1) is 5.82 Å². The number of nitrogens with zero attached hydrogens (tertiary/aromatic N) is 1. The maximum absolute atomic E-state index is 12.8. The molecule has 1 amide bonds. The average Bonchev–Trinajstić information content (AvgIpc) is 2.61. The first-order chi connectivity index (χ1) is 11.6. The molecule has 0 radical (unpaired) electrons. The van der Waals surface area contributed by atoms with Gasteiger partial charge in [0, 0.05) is 5.69 Å². The van der Waals surface area contributed by atoms with Gasteiger partial charge in [-0.25, -0.2) is 9.82 Å². The van der Waals surface area contributed by atoms with Crippen molar-refractivity contribution in [3.8, 4) is 11.5 Å². The van der Waals surface area contributed by atoms with Gasteiger partial charge in [0.25, 0.3) is 5.91 Å². The van der Waals surface area contributed by atoms with Crippen molar-refractivity contribution in [2.45, 2.75) is 0 Å². The Bertz CT molecular complexity index is 718. The summed E-state index contributed by atoms with van der Waals surface area (Å²) in [4.78, 5) is 11.7. The van der Waals surface area contributed by atoms with E-state index >= 15 is 0 Å². The van der Waals surface area contributed by atoms with Crippen LogP contribution in [0.2, 0.25) is 0 Å². The number of hydrogen-bond donors (Lipinski definition) is 2. The molecule has 24 heavy (non-hydrogen) atoms. The number of hydrogen-bond acceptors (Lipinski definition) is 5. The Balaban J connectivity index is 1.84. The number of nitrogens with one attached hydrogen (secondary N) is 2. The van der Waals surface area contributed by atoms with Crippen molar-refractivity contribution >= 4 is 17.8 Å². The largest absolute Gasteiger partial charge is 0.493 e. The Labute approximate surface area is 139 Å². The molecule has 0 spiro atoms. The topological polar surface area (TPSA) is 72.0 Å². The van der Waals surface area contributed by atoms with Gasteiger partial charge in [-0.2, -0.15) is 5.10 Å². The van der Waals surface area contributed by atoms with Crippen molar-refractivity contribution < 1.29 is 18.7 Å². The number of methoxy groups -OCH3 is 2. The fourth-order valence-electron chi connectivity index (χ4n) is 1.90. The number of amides is 1. The Morgan fingerprint density at radius 3 is 2.50 bits per heavy atom. The fourth-order valence-corrected chi connectivity index (χ4v) is 1.90. The lowest BCUT2D eigenvalue weighted by molar-refractivity contribution is -0.119. The van der Waals surface area contributed by atoms with E-state index in [1.165, 1.54) is 18.3 Å². The maximum atomic E-state index is 12.8. The monoisotopic (exact) mass is 331 g/mol. The van der Waals surface area contributed by atoms with Crippen LogP contribution in [0.25, 0.3) is 0 Å². The SMILES string of the molecule is COc1ccc(/C=N/NC(=O)CNc2ccc(F)cc2)cc1OC. The molecule has 2 rings (SSSR count). The van der Waals surface area contributed by atoms with Crippen LogP contribution in [0.15, 0.2) is 47.6 Å². The zero-order valence-electron chi connectivity index (χ0n) is 13.4. The molecule has 0 aliphatic carbocycles. The maximum Gasteiger partial charge on any atom is 0.259 e. The quantitative estimate of drug-likeness (QED) is 0.604. The van der Waals surface area contributed by atoms with Gasteiger partial charge in [0.2, 0.25) is 0 Å². The molecule has 0 aromatic heterocycles. The number of hydrazone groups is 1. The minimum Gasteiger partial charge on any atom is -0.493 e. The van der Waals surface area contributed by atoms with Crippen molar-refractivity contribution in [1.29, 1.82) is 0 Å². The number of carbonyl (C=O) groups excluding carboxylic acids is 1. The second-order valence-corrected chi connectivity index (χ2v) is 4.77. The second-order valence-electron chi connectivity index (χ2n) is 4.77. The van der Waals surface area contributed by atoms with Crippen molar-refractivity contribution in [2.24, 2.45) is 5.10 Å². The van der Waals surface area contributed by atoms with Crippen LogP contribution in [-0.2, 0) is 4.79 Å². The van der Waals surface area contributed by atoms with Gasteiger partial charge >= 0.3 is 0 Å². The Kier molecular flexibility index (Phi) is 6.13. The van der Waals surface area contributed by atoms with E-state index in [2.05, 4.69) is 15.8 Å². The van der Waals surface area contributed by atoms with E-state index < -0.39 is 0 Å². The first-order valence-electron chi connectivity index (χ1n) is 7.15. The number of halogens is 1. The summed E-state index contributed by atoms with van der Waals surface area (Å²) in [6.45, 7) is 0.0227. The normalized spacial score (nSPS) is 10.5. The number of carbonyl (C=O) groups is 1. The highest BCUT2D eigenvalue weighted by Gasteiger charge is 2.03. The molecule has 7 heteroatoms. The Morgan fingerprint density at radius 2 is 1.83 bits per heavy atom. The minimum absolute atomic E-state index is 0.0227. The van der Waals surface area contributed by atoms with Crippen molar-refractivity contribution in [2.75, 3.05) is 26.1 Å². The lowest BCUT2D eigenvalue weighted by atomic mass is 10.2. The summed E-state index contributed by atoms with van der Waals surface area (Å²) in [6.07, 6.45) is 1.50. The summed E-state index contributed by atoms with van der Waals surface area (Å²) in [6, 6.07) is 11.0. The zero-order chi connectivity index (χ0) is 17.4. The Morgan fingerprint density at radius 1 is 1.12 bits per heavy atom. The third-order valence-electron chi connectivity index (χ3n) is 3.11. The van der Waals surface area contributed by atoms with E-state index in [1.54, 1.807) is 44.6 Å². The van der Waals surface area contributed by atoms with E-state index in [0.29, 0.717) is 17.2 Å². The first-order valence-corrected chi connectivity index (χ1v) is 7.15. The van der Waals surface area contributed by atoms with Crippen LogP contribution in [0.3, 0.4) is 0 Å². The van der Waals surface area contributed by atoms with Crippen LogP contribution >= 0.6 is 0 Å². The highest BCUT2D eigenvalue weighted by atomic mass is 19.1. The summed E-state index contributed by atoms with van der Waals surface area (Å²) in [5.41, 5.74) is 3.80. The molecule has 2 aromatic rings. The molecular formula is C17H18FN3O3. The van der Waals surface area contributed by atoms with Gasteiger partial charge in [-0.15, -0.1) is 0 Å². The van der Waals surface area contributed by atoms with Crippen LogP contribution in [-0.4, -0.2) is 32.9 Å². The molecule has 0 heterocycles. The number of ether oxygens (including phenoxy) is 2. The summed E-state index contributed by atoms with van der Waals surface area (Å²) in [5.74, 6) is 0.536. The number of benzene rings is 2. The number of anilines is 1. The van der Waals surface area contributed by atoms with Crippen LogP contribution in [0.4, 0.5) is 10.1 Å². The van der Waals surface area contributed by atoms with Gasteiger partial charge in [0.15, 0.2) is 11.5 Å². The van der Waals surface area contributed by atoms with Gasteiger partial charge in [0.05, 0.1) is 27.0 Å². The molecule has 0 aliphatic heterocycles. The lowest BCUT2D eigenvalue weighted by Gasteiger charge is -2.07. The van der Waals surface area contributed by atoms with Gasteiger partial charge < -0.3 is 14.8 Å². The summed E-state index contributed by atoms with van der Waals surface area (Å²) >= 11 is 0.